The van der Waals surface area contributed by atoms with Crippen LogP contribution < -0.4 is 9.13 Å². The van der Waals surface area contributed by atoms with E-state index in [0.29, 0.717) is 0 Å². The van der Waals surface area contributed by atoms with Crippen molar-refractivity contribution >= 4 is 27.8 Å². The van der Waals surface area contributed by atoms with E-state index < -0.39 is 16.5 Å². The molecule has 0 saturated heterocycles. The smallest absolute Gasteiger partial charge is 0.152 e. The van der Waals surface area contributed by atoms with Gasteiger partial charge in [-0.15, -0.1) is 0 Å². The quantitative estimate of drug-likeness (QED) is 0.736. The Morgan fingerprint density at radius 3 is 1.28 bits per heavy atom. The molecule has 1 aliphatic heterocycles. The Morgan fingerprint density at radius 2 is 1.00 bits per heavy atom. The van der Waals surface area contributed by atoms with Gasteiger partial charge in [-0.1, -0.05) is 51.4 Å². The highest BCUT2D eigenvalue weighted by molar-refractivity contribution is 6.82. The van der Waals surface area contributed by atoms with Crippen LogP contribution in [0.4, 0.5) is 11.4 Å². The third-order valence-corrected chi connectivity index (χ3v) is 6.88. The molecule has 0 fully saturated rings. The molecule has 0 radical (unpaired) electrons. The number of hydrogen-bond donors (Lipinski definition) is 0. The first-order valence-corrected chi connectivity index (χ1v) is 13.5. The molecule has 1 heterocycles. The molecule has 2 nitrogen and oxygen atoms in total. The van der Waals surface area contributed by atoms with Gasteiger partial charge in [-0.3, -0.25) is 0 Å². The van der Waals surface area contributed by atoms with Crippen molar-refractivity contribution in [1.82, 2.24) is 0 Å². The van der Waals surface area contributed by atoms with Gasteiger partial charge in [0.2, 0.25) is 0 Å². The van der Waals surface area contributed by atoms with Crippen LogP contribution in [-0.2, 0) is 0 Å². The summed E-state index contributed by atoms with van der Waals surface area (Å²) in [7, 11) is -2.72. The molecule has 0 N–H and O–H groups in total. The Balaban J connectivity index is 2.53. The second-order valence-electron chi connectivity index (χ2n) is 6.87. The molecule has 18 heavy (non-hydrogen) atoms. The molecule has 0 atom stereocenters. The SMILES string of the molecule is C[Si](C)(C)N1C=CN([Si](C)(C)C)c2ccccc21. The molecule has 0 aliphatic carbocycles. The van der Waals surface area contributed by atoms with Gasteiger partial charge in [0.25, 0.3) is 0 Å². The van der Waals surface area contributed by atoms with Crippen molar-refractivity contribution in [3.63, 3.8) is 0 Å². The number of nitrogens with zero attached hydrogens (tertiary/aromatic N) is 2. The third-order valence-electron chi connectivity index (χ3n) is 3.21. The normalized spacial score (nSPS) is 15.9. The average molecular weight is 277 g/mol. The summed E-state index contributed by atoms with van der Waals surface area (Å²) in [5, 5.41) is 0. The Hall–Kier alpha value is -1.01. The van der Waals surface area contributed by atoms with Crippen molar-refractivity contribution in [2.45, 2.75) is 39.3 Å². The minimum Gasteiger partial charge on any atom is -0.372 e. The Morgan fingerprint density at radius 1 is 0.667 bits per heavy atom. The summed E-state index contributed by atoms with van der Waals surface area (Å²) in [6.07, 6.45) is 4.57. The summed E-state index contributed by atoms with van der Waals surface area (Å²) < 4.78 is 5.00. The first kappa shape index (κ1) is 13.4. The maximum atomic E-state index is 2.50. The van der Waals surface area contributed by atoms with E-state index in [-0.39, 0.29) is 0 Å². The molecule has 1 aromatic rings. The summed E-state index contributed by atoms with van der Waals surface area (Å²) in [4.78, 5) is 0. The lowest BCUT2D eigenvalue weighted by Crippen LogP contribution is -2.49. The minimum atomic E-state index is -1.36. The Labute approximate surface area is 113 Å². The fourth-order valence-electron chi connectivity index (χ4n) is 2.34. The molecule has 0 aromatic heterocycles. The fourth-order valence-corrected chi connectivity index (χ4v) is 5.19. The van der Waals surface area contributed by atoms with Crippen molar-refractivity contribution < 1.29 is 0 Å². The molecule has 0 saturated carbocycles. The summed E-state index contributed by atoms with van der Waals surface area (Å²) in [5.41, 5.74) is 2.75. The maximum absolute atomic E-state index is 2.50. The number of fused-ring (bicyclic) bond motifs is 1. The van der Waals surface area contributed by atoms with Crippen molar-refractivity contribution in [2.75, 3.05) is 9.13 Å². The largest absolute Gasteiger partial charge is 0.372 e. The molecule has 0 spiro atoms. The topological polar surface area (TPSA) is 6.48 Å². The summed E-state index contributed by atoms with van der Waals surface area (Å²) in [5.74, 6) is 0. The molecule has 1 aliphatic rings. The standard InChI is InChI=1S/C14H24N2Si2/c1-17(2,3)15-11-12-16(18(4,5)6)14-10-8-7-9-13(14)15/h7-12H,1-6H3. The molecule has 2 rings (SSSR count). The second-order valence-corrected chi connectivity index (χ2v) is 16.5. The zero-order chi connectivity index (χ0) is 13.6. The lowest BCUT2D eigenvalue weighted by molar-refractivity contribution is 1.20. The average Bonchev–Trinajstić information content (AvgIpc) is 2.24. The second kappa shape index (κ2) is 4.28. The van der Waals surface area contributed by atoms with E-state index in [1.54, 1.807) is 0 Å². The van der Waals surface area contributed by atoms with Gasteiger partial charge in [0, 0.05) is 12.4 Å². The van der Waals surface area contributed by atoms with Crippen molar-refractivity contribution in [1.29, 1.82) is 0 Å². The predicted octanol–water partition coefficient (Wildman–Crippen LogP) is 4.45. The summed E-state index contributed by atoms with van der Waals surface area (Å²) in [6, 6.07) is 8.80. The molecule has 98 valence electrons. The number of benzene rings is 1. The Kier molecular flexibility index (Phi) is 3.19. The van der Waals surface area contributed by atoms with Crippen LogP contribution in [0.5, 0.6) is 0 Å². The first-order valence-electron chi connectivity index (χ1n) is 6.57. The van der Waals surface area contributed by atoms with Crippen LogP contribution in [0.15, 0.2) is 36.7 Å². The number of para-hydroxylation sites is 2. The van der Waals surface area contributed by atoms with Gasteiger partial charge in [0.05, 0.1) is 11.4 Å². The monoisotopic (exact) mass is 276 g/mol. The highest BCUT2D eigenvalue weighted by Gasteiger charge is 2.32. The molecule has 0 bridgehead atoms. The number of anilines is 2. The zero-order valence-corrected chi connectivity index (χ0v) is 14.4. The molecular weight excluding hydrogens is 252 g/mol. The predicted molar refractivity (Wildman–Crippen MR) is 87.2 cm³/mol. The molecule has 0 amide bonds. The van der Waals surface area contributed by atoms with Gasteiger partial charge in [-0.05, 0) is 12.1 Å². The fraction of sp³-hybridized carbons (Fsp3) is 0.429. The zero-order valence-electron chi connectivity index (χ0n) is 12.4. The van der Waals surface area contributed by atoms with E-state index in [1.165, 1.54) is 11.4 Å². The van der Waals surface area contributed by atoms with E-state index in [4.69, 9.17) is 0 Å². The first-order chi connectivity index (χ1) is 8.21. The van der Waals surface area contributed by atoms with Crippen LogP contribution in [0.1, 0.15) is 0 Å². The van der Waals surface area contributed by atoms with Crippen molar-refractivity contribution in [3.8, 4) is 0 Å². The van der Waals surface area contributed by atoms with Gasteiger partial charge in [-0.2, -0.15) is 0 Å². The van der Waals surface area contributed by atoms with E-state index in [9.17, 15) is 0 Å². The van der Waals surface area contributed by atoms with E-state index in [0.717, 1.165) is 0 Å². The van der Waals surface area contributed by atoms with E-state index in [2.05, 4.69) is 85.1 Å². The highest BCUT2D eigenvalue weighted by atomic mass is 28.3. The number of rotatable bonds is 2. The van der Waals surface area contributed by atoms with Crippen LogP contribution in [-0.4, -0.2) is 16.5 Å². The van der Waals surface area contributed by atoms with Crippen molar-refractivity contribution in [2.24, 2.45) is 0 Å². The molecule has 4 heteroatoms. The lowest BCUT2D eigenvalue weighted by atomic mass is 10.2. The van der Waals surface area contributed by atoms with Gasteiger partial charge in [0.15, 0.2) is 16.5 Å². The Bertz CT molecular complexity index is 426. The van der Waals surface area contributed by atoms with E-state index >= 15 is 0 Å². The summed E-state index contributed by atoms with van der Waals surface area (Å²) in [6.45, 7) is 14.3. The van der Waals surface area contributed by atoms with Crippen LogP contribution in [0, 0.1) is 0 Å². The van der Waals surface area contributed by atoms with Gasteiger partial charge in [0.1, 0.15) is 0 Å². The third kappa shape index (κ3) is 2.40. The number of hydrogen-bond acceptors (Lipinski definition) is 2. The van der Waals surface area contributed by atoms with Crippen LogP contribution >= 0.6 is 0 Å². The molecule has 1 aromatic carbocycles. The van der Waals surface area contributed by atoms with Crippen LogP contribution in [0.25, 0.3) is 0 Å². The molecular formula is C14H24N2Si2. The van der Waals surface area contributed by atoms with E-state index in [1.807, 2.05) is 0 Å². The molecule has 0 unspecified atom stereocenters. The van der Waals surface area contributed by atoms with Crippen LogP contribution in [0.2, 0.25) is 39.3 Å². The van der Waals surface area contributed by atoms with Crippen LogP contribution in [0.3, 0.4) is 0 Å². The van der Waals surface area contributed by atoms with Crippen molar-refractivity contribution in [3.05, 3.63) is 36.7 Å². The summed E-state index contributed by atoms with van der Waals surface area (Å²) >= 11 is 0. The maximum Gasteiger partial charge on any atom is 0.152 e. The lowest BCUT2D eigenvalue weighted by Gasteiger charge is -2.44. The highest BCUT2D eigenvalue weighted by Crippen LogP contribution is 2.38. The van der Waals surface area contributed by atoms with Gasteiger partial charge >= 0.3 is 0 Å². The minimum absolute atomic E-state index is 1.36. The van der Waals surface area contributed by atoms with Gasteiger partial charge < -0.3 is 9.13 Å². The van der Waals surface area contributed by atoms with Gasteiger partial charge in [-0.25, -0.2) is 0 Å².